The van der Waals surface area contributed by atoms with Crippen LogP contribution in [0.5, 0.6) is 0 Å². The molecule has 4 aromatic carbocycles. The number of carbonyl (C=O) groups excluding carboxylic acids is 3. The molecule has 41 heavy (non-hydrogen) atoms. The summed E-state index contributed by atoms with van der Waals surface area (Å²) in [5.41, 5.74) is 5.08. The molecule has 0 fully saturated rings. The van der Waals surface area contributed by atoms with E-state index < -0.39 is 30.1 Å². The quantitative estimate of drug-likeness (QED) is 0.211. The average Bonchev–Trinajstić information content (AvgIpc) is 2.96. The van der Waals surface area contributed by atoms with Gasteiger partial charge in [-0.1, -0.05) is 72.3 Å². The standard InChI is InChI=1S/C33H35N3O5/c1-20-15-21(2)29(22(3)16-20)36-33(39)34-28-18-26-14-10-9-13-25(26)17-27(28)31(37)35-30(32(38)40-5)23(4)41-19-24-11-7-6-8-12-24/h6-18,23,30H,19H2,1-5H3,(H,35,37)(H2,34,36,39)/t23-,30+/m1/s1. The van der Waals surface area contributed by atoms with Crippen LogP contribution in [-0.2, 0) is 20.9 Å². The van der Waals surface area contributed by atoms with Crippen LogP contribution in [0.25, 0.3) is 10.8 Å². The van der Waals surface area contributed by atoms with E-state index in [4.69, 9.17) is 9.47 Å². The maximum absolute atomic E-state index is 13.7. The molecule has 3 amide bonds. The minimum atomic E-state index is -1.08. The van der Waals surface area contributed by atoms with Crippen LogP contribution in [0.15, 0.2) is 78.9 Å². The molecule has 0 heterocycles. The van der Waals surface area contributed by atoms with E-state index in [0.29, 0.717) is 11.4 Å². The number of anilines is 2. The molecular weight excluding hydrogens is 518 g/mol. The Bertz CT molecular complexity index is 1550. The summed E-state index contributed by atoms with van der Waals surface area (Å²) in [5, 5.41) is 10.2. The lowest BCUT2D eigenvalue weighted by Gasteiger charge is -2.24. The Morgan fingerprint density at radius 1 is 0.805 bits per heavy atom. The average molecular weight is 554 g/mol. The molecule has 8 heteroatoms. The van der Waals surface area contributed by atoms with E-state index in [1.165, 1.54) is 7.11 Å². The zero-order valence-electron chi connectivity index (χ0n) is 23.9. The number of benzene rings is 4. The molecule has 0 saturated carbocycles. The van der Waals surface area contributed by atoms with E-state index in [-0.39, 0.29) is 12.2 Å². The third-order valence-corrected chi connectivity index (χ3v) is 6.86. The molecule has 0 aliphatic carbocycles. The SMILES string of the molecule is COC(=O)[C@@H](NC(=O)c1cc2ccccc2cc1NC(=O)Nc1c(C)cc(C)cc1C)[C@@H](C)OCc1ccccc1. The van der Waals surface area contributed by atoms with E-state index in [0.717, 1.165) is 33.0 Å². The summed E-state index contributed by atoms with van der Waals surface area (Å²) in [6.07, 6.45) is -0.695. The molecule has 2 atom stereocenters. The van der Waals surface area contributed by atoms with Crippen LogP contribution < -0.4 is 16.0 Å². The molecule has 4 rings (SSSR count). The molecule has 0 unspecified atom stereocenters. The Labute approximate surface area is 240 Å². The summed E-state index contributed by atoms with van der Waals surface area (Å²) >= 11 is 0. The van der Waals surface area contributed by atoms with E-state index in [1.807, 2.05) is 87.5 Å². The molecular formula is C33H35N3O5. The van der Waals surface area contributed by atoms with Crippen molar-refractivity contribution in [2.24, 2.45) is 0 Å². The Morgan fingerprint density at radius 3 is 2.05 bits per heavy atom. The van der Waals surface area contributed by atoms with Crippen molar-refractivity contribution in [2.45, 2.75) is 46.4 Å². The first-order valence-corrected chi connectivity index (χ1v) is 13.4. The number of methoxy groups -OCH3 is 1. The number of ether oxygens (including phenoxy) is 2. The van der Waals surface area contributed by atoms with Crippen LogP contribution >= 0.6 is 0 Å². The Balaban J connectivity index is 1.59. The number of amides is 3. The molecule has 0 aliphatic rings. The van der Waals surface area contributed by atoms with Crippen molar-refractivity contribution in [3.05, 3.63) is 107 Å². The highest BCUT2D eigenvalue weighted by Gasteiger charge is 2.30. The lowest BCUT2D eigenvalue weighted by Crippen LogP contribution is -2.49. The summed E-state index contributed by atoms with van der Waals surface area (Å²) in [7, 11) is 1.26. The van der Waals surface area contributed by atoms with Gasteiger partial charge in [0, 0.05) is 5.69 Å². The lowest BCUT2D eigenvalue weighted by atomic mass is 10.0. The third-order valence-electron chi connectivity index (χ3n) is 6.86. The monoisotopic (exact) mass is 553 g/mol. The number of fused-ring (bicyclic) bond motifs is 1. The number of esters is 1. The zero-order valence-corrected chi connectivity index (χ0v) is 23.9. The summed E-state index contributed by atoms with van der Waals surface area (Å²) in [5.74, 6) is -1.20. The molecule has 0 aromatic heterocycles. The molecule has 0 aliphatic heterocycles. The van der Waals surface area contributed by atoms with Crippen LogP contribution in [0.2, 0.25) is 0 Å². The van der Waals surface area contributed by atoms with Gasteiger partial charge in [-0.3, -0.25) is 4.79 Å². The fourth-order valence-electron chi connectivity index (χ4n) is 4.79. The van der Waals surface area contributed by atoms with Crippen LogP contribution in [0.4, 0.5) is 16.2 Å². The van der Waals surface area contributed by atoms with E-state index >= 15 is 0 Å². The topological polar surface area (TPSA) is 106 Å². The second-order valence-electron chi connectivity index (χ2n) is 10.1. The van der Waals surface area contributed by atoms with Crippen molar-refractivity contribution in [3.63, 3.8) is 0 Å². The van der Waals surface area contributed by atoms with Gasteiger partial charge in [0.2, 0.25) is 0 Å². The molecule has 3 N–H and O–H groups in total. The van der Waals surface area contributed by atoms with Gasteiger partial charge in [0.05, 0.1) is 31.1 Å². The van der Waals surface area contributed by atoms with Gasteiger partial charge in [-0.25, -0.2) is 9.59 Å². The Kier molecular flexibility index (Phi) is 9.37. The van der Waals surface area contributed by atoms with Gasteiger partial charge in [-0.05, 0) is 67.3 Å². The number of carbonyl (C=O) groups is 3. The highest BCUT2D eigenvalue weighted by molar-refractivity contribution is 6.10. The number of hydrogen-bond acceptors (Lipinski definition) is 5. The van der Waals surface area contributed by atoms with E-state index in [1.54, 1.807) is 19.1 Å². The summed E-state index contributed by atoms with van der Waals surface area (Å²) in [6, 6.07) is 22.9. The van der Waals surface area contributed by atoms with Crippen molar-refractivity contribution in [2.75, 3.05) is 17.7 Å². The van der Waals surface area contributed by atoms with Crippen LogP contribution in [0.1, 0.15) is 39.5 Å². The predicted octanol–water partition coefficient (Wildman–Crippen LogP) is 6.29. The summed E-state index contributed by atoms with van der Waals surface area (Å²) in [4.78, 5) is 39.5. The molecule has 0 bridgehead atoms. The van der Waals surface area contributed by atoms with Gasteiger partial charge >= 0.3 is 12.0 Å². The van der Waals surface area contributed by atoms with E-state index in [9.17, 15) is 14.4 Å². The van der Waals surface area contributed by atoms with Crippen LogP contribution in [0, 0.1) is 20.8 Å². The zero-order chi connectivity index (χ0) is 29.5. The molecule has 4 aromatic rings. The summed E-state index contributed by atoms with van der Waals surface area (Å²) < 4.78 is 10.9. The maximum Gasteiger partial charge on any atom is 0.331 e. The molecule has 212 valence electrons. The Hall–Kier alpha value is -4.69. The molecule has 0 spiro atoms. The largest absolute Gasteiger partial charge is 0.467 e. The van der Waals surface area contributed by atoms with Crippen molar-refractivity contribution in [1.29, 1.82) is 0 Å². The van der Waals surface area contributed by atoms with Gasteiger partial charge in [-0.15, -0.1) is 0 Å². The highest BCUT2D eigenvalue weighted by atomic mass is 16.5. The van der Waals surface area contributed by atoms with Crippen molar-refractivity contribution >= 4 is 40.1 Å². The van der Waals surface area contributed by atoms with Crippen LogP contribution in [-0.4, -0.2) is 37.2 Å². The molecule has 8 nitrogen and oxygen atoms in total. The lowest BCUT2D eigenvalue weighted by molar-refractivity contribution is -0.147. The van der Waals surface area contributed by atoms with E-state index in [2.05, 4.69) is 16.0 Å². The predicted molar refractivity (Wildman–Crippen MR) is 161 cm³/mol. The normalized spacial score (nSPS) is 12.3. The molecule has 0 saturated heterocycles. The van der Waals surface area contributed by atoms with Gasteiger partial charge in [-0.2, -0.15) is 0 Å². The number of rotatable bonds is 9. The fraction of sp³-hybridized carbons (Fsp3) is 0.242. The smallest absolute Gasteiger partial charge is 0.331 e. The van der Waals surface area contributed by atoms with Gasteiger partial charge in [0.15, 0.2) is 6.04 Å². The third kappa shape index (κ3) is 7.29. The fourth-order valence-corrected chi connectivity index (χ4v) is 4.79. The number of hydrogen-bond donors (Lipinski definition) is 3. The van der Waals surface area contributed by atoms with Gasteiger partial charge < -0.3 is 25.4 Å². The highest BCUT2D eigenvalue weighted by Crippen LogP contribution is 2.26. The first-order chi connectivity index (χ1) is 19.7. The second kappa shape index (κ2) is 13.1. The molecule has 0 radical (unpaired) electrons. The first kappa shape index (κ1) is 29.3. The number of urea groups is 1. The first-order valence-electron chi connectivity index (χ1n) is 13.4. The minimum absolute atomic E-state index is 0.195. The second-order valence-corrected chi connectivity index (χ2v) is 10.1. The maximum atomic E-state index is 13.7. The Morgan fingerprint density at radius 2 is 1.41 bits per heavy atom. The van der Waals surface area contributed by atoms with Gasteiger partial charge in [0.25, 0.3) is 5.91 Å². The minimum Gasteiger partial charge on any atom is -0.467 e. The van der Waals surface area contributed by atoms with Gasteiger partial charge in [0.1, 0.15) is 0 Å². The van der Waals surface area contributed by atoms with Crippen molar-refractivity contribution < 1.29 is 23.9 Å². The van der Waals surface area contributed by atoms with Crippen molar-refractivity contribution in [1.82, 2.24) is 5.32 Å². The van der Waals surface area contributed by atoms with Crippen molar-refractivity contribution in [3.8, 4) is 0 Å². The van der Waals surface area contributed by atoms with Crippen LogP contribution in [0.3, 0.4) is 0 Å². The summed E-state index contributed by atoms with van der Waals surface area (Å²) in [6.45, 7) is 7.81. The number of nitrogens with one attached hydrogen (secondary N) is 3. The number of aryl methyl sites for hydroxylation is 3.